The van der Waals surface area contributed by atoms with Crippen molar-refractivity contribution < 1.29 is 23.5 Å². The van der Waals surface area contributed by atoms with E-state index in [1.165, 1.54) is 37.4 Å². The lowest BCUT2D eigenvalue weighted by atomic mass is 10.00. The predicted molar refractivity (Wildman–Crippen MR) is 139 cm³/mol. The smallest absolute Gasteiger partial charge is 0.335 e. The summed E-state index contributed by atoms with van der Waals surface area (Å²) in [5.74, 6) is -1.14. The van der Waals surface area contributed by atoms with E-state index in [0.717, 1.165) is 5.56 Å². The first-order chi connectivity index (χ1) is 17.9. The number of carboxylic acid groups (broad SMARTS) is 1. The fourth-order valence-corrected chi connectivity index (χ4v) is 4.13. The van der Waals surface area contributed by atoms with Crippen molar-refractivity contribution in [3.63, 3.8) is 0 Å². The van der Waals surface area contributed by atoms with Gasteiger partial charge in [0.1, 0.15) is 17.4 Å². The molecule has 0 unspecified atom stereocenters. The van der Waals surface area contributed by atoms with Crippen molar-refractivity contribution in [3.05, 3.63) is 107 Å². The monoisotopic (exact) mass is 495 g/mol. The molecule has 0 aliphatic carbocycles. The van der Waals surface area contributed by atoms with Crippen LogP contribution >= 0.6 is 0 Å². The SMILES string of the molecule is CNC(=O)c1c(-c2ccc(F)cc2)oc2nc(NCc3ccccc3)c(-c3cccc(C(=O)O)c3)cc12. The van der Waals surface area contributed by atoms with Gasteiger partial charge in [-0.25, -0.2) is 9.18 Å². The number of hydrogen-bond acceptors (Lipinski definition) is 5. The Morgan fingerprint density at radius 1 is 0.946 bits per heavy atom. The average molecular weight is 496 g/mol. The van der Waals surface area contributed by atoms with Gasteiger partial charge in [-0.05, 0) is 53.6 Å². The molecule has 1 amide bonds. The van der Waals surface area contributed by atoms with Crippen LogP contribution in [0, 0.1) is 5.82 Å². The highest BCUT2D eigenvalue weighted by Gasteiger charge is 2.24. The number of fused-ring (bicyclic) bond motifs is 1. The first kappa shape index (κ1) is 23.7. The normalized spacial score (nSPS) is 10.9. The minimum atomic E-state index is -1.05. The zero-order valence-corrected chi connectivity index (χ0v) is 19.8. The third-order valence-corrected chi connectivity index (χ3v) is 5.97. The topological polar surface area (TPSA) is 104 Å². The van der Waals surface area contributed by atoms with Gasteiger partial charge in [-0.15, -0.1) is 0 Å². The highest BCUT2D eigenvalue weighted by molar-refractivity contribution is 6.11. The second-order valence-electron chi connectivity index (χ2n) is 8.35. The molecular formula is C29H22FN3O4. The van der Waals surface area contributed by atoms with Crippen molar-refractivity contribution in [2.45, 2.75) is 6.54 Å². The van der Waals surface area contributed by atoms with E-state index < -0.39 is 17.7 Å². The molecule has 7 nitrogen and oxygen atoms in total. The number of nitrogens with one attached hydrogen (secondary N) is 2. The van der Waals surface area contributed by atoms with Crippen LogP contribution in [0.2, 0.25) is 0 Å². The highest BCUT2D eigenvalue weighted by atomic mass is 19.1. The first-order valence-electron chi connectivity index (χ1n) is 11.5. The molecule has 5 aromatic rings. The van der Waals surface area contributed by atoms with Gasteiger partial charge in [-0.1, -0.05) is 42.5 Å². The Morgan fingerprint density at radius 2 is 1.70 bits per heavy atom. The van der Waals surface area contributed by atoms with Crippen molar-refractivity contribution in [1.29, 1.82) is 0 Å². The van der Waals surface area contributed by atoms with Crippen molar-refractivity contribution in [3.8, 4) is 22.5 Å². The van der Waals surface area contributed by atoms with Gasteiger partial charge in [0.2, 0.25) is 5.71 Å². The van der Waals surface area contributed by atoms with Gasteiger partial charge >= 0.3 is 5.97 Å². The van der Waals surface area contributed by atoms with E-state index in [2.05, 4.69) is 10.6 Å². The van der Waals surface area contributed by atoms with Crippen LogP contribution in [-0.2, 0) is 6.54 Å². The number of hydrogen-bond donors (Lipinski definition) is 3. The number of anilines is 1. The van der Waals surface area contributed by atoms with E-state index in [9.17, 15) is 19.1 Å². The molecule has 0 bridgehead atoms. The number of carbonyl (C=O) groups is 2. The van der Waals surface area contributed by atoms with Crippen LogP contribution in [0.15, 0.2) is 89.3 Å². The molecule has 0 spiro atoms. The van der Waals surface area contributed by atoms with Crippen LogP contribution in [0.1, 0.15) is 26.3 Å². The van der Waals surface area contributed by atoms with Crippen LogP contribution < -0.4 is 10.6 Å². The van der Waals surface area contributed by atoms with E-state index >= 15 is 0 Å². The number of nitrogens with zero attached hydrogens (tertiary/aromatic N) is 1. The van der Waals surface area contributed by atoms with E-state index in [1.807, 2.05) is 30.3 Å². The van der Waals surface area contributed by atoms with Crippen molar-refractivity contribution in [2.24, 2.45) is 0 Å². The highest BCUT2D eigenvalue weighted by Crippen LogP contribution is 2.38. The summed E-state index contributed by atoms with van der Waals surface area (Å²) in [6.07, 6.45) is 0. The maximum atomic E-state index is 13.6. The van der Waals surface area contributed by atoms with Crippen molar-refractivity contribution >= 4 is 28.8 Å². The Morgan fingerprint density at radius 3 is 2.41 bits per heavy atom. The minimum absolute atomic E-state index is 0.123. The summed E-state index contributed by atoms with van der Waals surface area (Å²) < 4.78 is 19.6. The van der Waals surface area contributed by atoms with Crippen LogP contribution in [-0.4, -0.2) is 29.0 Å². The number of carbonyl (C=O) groups excluding carboxylic acids is 1. The lowest BCUT2D eigenvalue weighted by Gasteiger charge is -2.12. The third kappa shape index (κ3) is 4.77. The van der Waals surface area contributed by atoms with Crippen LogP contribution in [0.25, 0.3) is 33.6 Å². The Balaban J connectivity index is 1.72. The molecule has 0 fully saturated rings. The predicted octanol–water partition coefficient (Wildman–Crippen LogP) is 5.97. The van der Waals surface area contributed by atoms with E-state index in [1.54, 1.807) is 24.3 Å². The molecule has 0 aliphatic heterocycles. The van der Waals surface area contributed by atoms with Gasteiger partial charge in [-0.3, -0.25) is 4.79 Å². The number of halogens is 1. The molecule has 37 heavy (non-hydrogen) atoms. The van der Waals surface area contributed by atoms with E-state index in [0.29, 0.717) is 34.4 Å². The standard InChI is InChI=1S/C29H22FN3O4/c1-31-27(34)24-23-15-22(19-8-5-9-20(14-19)29(35)36)26(32-16-17-6-3-2-4-7-17)33-28(23)37-25(24)18-10-12-21(30)13-11-18/h2-15H,16H2,1H3,(H,31,34)(H,32,33)(H,35,36). The maximum Gasteiger partial charge on any atom is 0.335 e. The summed E-state index contributed by atoms with van der Waals surface area (Å²) in [7, 11) is 1.51. The molecule has 3 aromatic carbocycles. The average Bonchev–Trinajstić information content (AvgIpc) is 3.30. The van der Waals surface area contributed by atoms with Crippen LogP contribution in [0.3, 0.4) is 0 Å². The summed E-state index contributed by atoms with van der Waals surface area (Å²) in [5.41, 5.74) is 3.34. The number of aromatic carboxylic acids is 1. The molecule has 0 atom stereocenters. The number of rotatable bonds is 7. The molecule has 3 N–H and O–H groups in total. The second kappa shape index (κ2) is 9.94. The minimum Gasteiger partial charge on any atom is -0.478 e. The van der Waals surface area contributed by atoms with Gasteiger partial charge < -0.3 is 20.2 Å². The summed E-state index contributed by atoms with van der Waals surface area (Å²) in [4.78, 5) is 29.3. The largest absolute Gasteiger partial charge is 0.478 e. The zero-order valence-electron chi connectivity index (χ0n) is 19.8. The molecule has 2 heterocycles. The quantitative estimate of drug-likeness (QED) is 0.257. The van der Waals surface area contributed by atoms with Gasteiger partial charge in [0.15, 0.2) is 0 Å². The summed E-state index contributed by atoms with van der Waals surface area (Å²) in [5, 5.41) is 15.9. The first-order valence-corrected chi connectivity index (χ1v) is 11.5. The number of aromatic nitrogens is 1. The van der Waals surface area contributed by atoms with Crippen LogP contribution in [0.5, 0.6) is 0 Å². The van der Waals surface area contributed by atoms with Crippen LogP contribution in [0.4, 0.5) is 10.2 Å². The van der Waals surface area contributed by atoms with Gasteiger partial charge in [0, 0.05) is 24.7 Å². The fourth-order valence-electron chi connectivity index (χ4n) is 4.13. The lowest BCUT2D eigenvalue weighted by molar-refractivity contribution is 0.0696. The molecule has 0 saturated heterocycles. The van der Waals surface area contributed by atoms with E-state index in [4.69, 9.17) is 9.40 Å². The van der Waals surface area contributed by atoms with Gasteiger partial charge in [0.25, 0.3) is 5.91 Å². The molecule has 0 aliphatic rings. The molecule has 2 aromatic heterocycles. The van der Waals surface area contributed by atoms with Crippen molar-refractivity contribution in [1.82, 2.24) is 10.3 Å². The third-order valence-electron chi connectivity index (χ3n) is 5.97. The Kier molecular flexibility index (Phi) is 6.38. The molecule has 5 rings (SSSR count). The zero-order chi connectivity index (χ0) is 25.9. The number of furan rings is 1. The molecular weight excluding hydrogens is 473 g/mol. The van der Waals surface area contributed by atoms with Gasteiger partial charge in [0.05, 0.1) is 16.5 Å². The number of pyridine rings is 1. The van der Waals surface area contributed by atoms with E-state index in [-0.39, 0.29) is 22.6 Å². The molecule has 0 saturated carbocycles. The summed E-state index contributed by atoms with van der Waals surface area (Å²) in [6, 6.07) is 23.6. The number of amides is 1. The molecule has 184 valence electrons. The van der Waals surface area contributed by atoms with Crippen molar-refractivity contribution in [2.75, 3.05) is 12.4 Å². The Labute approximate surface area is 211 Å². The molecule has 0 radical (unpaired) electrons. The number of benzene rings is 3. The lowest BCUT2D eigenvalue weighted by Crippen LogP contribution is -2.18. The Bertz CT molecular complexity index is 1610. The summed E-state index contributed by atoms with van der Waals surface area (Å²) in [6.45, 7) is 0.457. The van der Waals surface area contributed by atoms with Gasteiger partial charge in [-0.2, -0.15) is 4.98 Å². The Hall–Kier alpha value is -4.98. The molecule has 8 heteroatoms. The fraction of sp³-hybridized carbons (Fsp3) is 0.0690. The maximum absolute atomic E-state index is 13.6. The second-order valence-corrected chi connectivity index (χ2v) is 8.35. The summed E-state index contributed by atoms with van der Waals surface area (Å²) >= 11 is 0. The number of carboxylic acids is 1.